The van der Waals surface area contributed by atoms with E-state index in [9.17, 15) is 14.5 Å². The van der Waals surface area contributed by atoms with Gasteiger partial charge in [-0.1, -0.05) is 32.9 Å². The summed E-state index contributed by atoms with van der Waals surface area (Å²) in [5.41, 5.74) is 2.06. The number of non-ortho nitro benzene ring substituents is 1. The average molecular weight is 288 g/mol. The van der Waals surface area contributed by atoms with Gasteiger partial charge in [-0.15, -0.1) is 0 Å². The molecule has 0 unspecified atom stereocenters. The highest BCUT2D eigenvalue weighted by molar-refractivity contribution is 5.62. The second-order valence-electron chi connectivity index (χ2n) is 5.91. The number of nitro groups is 1. The molecule has 0 spiro atoms. The monoisotopic (exact) mass is 288 g/mol. The van der Waals surface area contributed by atoms with Gasteiger partial charge in [0.25, 0.3) is 5.69 Å². The Kier molecular flexibility index (Phi) is 3.93. The number of nitrogens with zero attached hydrogens (tertiary/aromatic N) is 1. The zero-order chi connectivity index (χ0) is 15.6. The molecule has 110 valence electrons. The van der Waals surface area contributed by atoms with E-state index in [-0.39, 0.29) is 11.1 Å². The molecular weight excluding hydrogens is 271 g/mol. The van der Waals surface area contributed by atoms with Crippen LogP contribution < -0.4 is 5.32 Å². The Morgan fingerprint density at radius 3 is 2.19 bits per heavy atom. The average Bonchev–Trinajstić information content (AvgIpc) is 2.37. The number of nitrogens with one attached hydrogen (secondary N) is 1. The van der Waals surface area contributed by atoms with Crippen LogP contribution in [-0.2, 0) is 5.41 Å². The van der Waals surface area contributed by atoms with Crippen LogP contribution in [0.1, 0.15) is 26.3 Å². The molecule has 5 heteroatoms. The van der Waals surface area contributed by atoms with Gasteiger partial charge in [-0.3, -0.25) is 10.1 Å². The van der Waals surface area contributed by atoms with Crippen LogP contribution in [0.4, 0.5) is 21.5 Å². The molecular formula is C16H17FN2O2. The molecule has 0 radical (unpaired) electrons. The molecule has 0 aliphatic heterocycles. The molecule has 2 rings (SSSR count). The second kappa shape index (κ2) is 5.52. The van der Waals surface area contributed by atoms with Gasteiger partial charge in [0, 0.05) is 17.4 Å². The van der Waals surface area contributed by atoms with Gasteiger partial charge in [-0.25, -0.2) is 4.39 Å². The van der Waals surface area contributed by atoms with Gasteiger partial charge in [0.15, 0.2) is 0 Å². The van der Waals surface area contributed by atoms with Crippen molar-refractivity contribution in [2.45, 2.75) is 26.2 Å². The first kappa shape index (κ1) is 15.0. The lowest BCUT2D eigenvalue weighted by Gasteiger charge is -2.19. The first-order valence-electron chi connectivity index (χ1n) is 6.58. The van der Waals surface area contributed by atoms with Crippen molar-refractivity contribution in [1.82, 2.24) is 0 Å². The van der Waals surface area contributed by atoms with Crippen molar-refractivity contribution >= 4 is 17.1 Å². The summed E-state index contributed by atoms with van der Waals surface area (Å²) in [5, 5.41) is 13.7. The third-order valence-electron chi connectivity index (χ3n) is 3.13. The third kappa shape index (κ3) is 3.78. The molecule has 1 N–H and O–H groups in total. The van der Waals surface area contributed by atoms with Crippen molar-refractivity contribution in [2.75, 3.05) is 5.32 Å². The Bertz CT molecular complexity index is 661. The molecule has 0 amide bonds. The maximum atomic E-state index is 13.4. The lowest BCUT2D eigenvalue weighted by molar-refractivity contribution is -0.385. The van der Waals surface area contributed by atoms with Gasteiger partial charge in [0.05, 0.1) is 11.0 Å². The smallest absolute Gasteiger partial charge is 0.274 e. The number of hydrogen-bond acceptors (Lipinski definition) is 3. The van der Waals surface area contributed by atoms with Crippen LogP contribution in [0.2, 0.25) is 0 Å². The van der Waals surface area contributed by atoms with Crippen LogP contribution in [0.5, 0.6) is 0 Å². The Labute approximate surface area is 122 Å². The molecule has 21 heavy (non-hydrogen) atoms. The van der Waals surface area contributed by atoms with E-state index in [1.54, 1.807) is 0 Å². The number of hydrogen-bond donors (Lipinski definition) is 1. The molecule has 0 atom stereocenters. The highest BCUT2D eigenvalue weighted by Crippen LogP contribution is 2.26. The van der Waals surface area contributed by atoms with Crippen LogP contribution in [-0.4, -0.2) is 4.92 Å². The maximum absolute atomic E-state index is 13.4. The number of nitro benzene ring substituents is 1. The largest absolute Gasteiger partial charge is 0.355 e. The van der Waals surface area contributed by atoms with Crippen LogP contribution in [0, 0.1) is 15.9 Å². The van der Waals surface area contributed by atoms with Crippen LogP contribution >= 0.6 is 0 Å². The third-order valence-corrected chi connectivity index (χ3v) is 3.13. The Hall–Kier alpha value is -2.43. The molecule has 4 nitrogen and oxygen atoms in total. The van der Waals surface area contributed by atoms with E-state index in [4.69, 9.17) is 0 Å². The van der Waals surface area contributed by atoms with Crippen molar-refractivity contribution in [3.63, 3.8) is 0 Å². The number of anilines is 2. The fourth-order valence-electron chi connectivity index (χ4n) is 1.97. The normalized spacial score (nSPS) is 11.2. The minimum Gasteiger partial charge on any atom is -0.355 e. The van der Waals surface area contributed by atoms with Crippen molar-refractivity contribution in [1.29, 1.82) is 0 Å². The van der Waals surface area contributed by atoms with Crippen molar-refractivity contribution < 1.29 is 9.31 Å². The number of benzene rings is 2. The van der Waals surface area contributed by atoms with E-state index in [0.717, 1.165) is 11.8 Å². The molecule has 0 aromatic heterocycles. The quantitative estimate of drug-likeness (QED) is 0.653. The molecule has 0 heterocycles. The summed E-state index contributed by atoms with van der Waals surface area (Å²) in [6.45, 7) is 6.35. The summed E-state index contributed by atoms with van der Waals surface area (Å²) in [5.74, 6) is -0.641. The molecule has 0 bridgehead atoms. The lowest BCUT2D eigenvalue weighted by Crippen LogP contribution is -2.10. The number of rotatable bonds is 3. The predicted molar refractivity (Wildman–Crippen MR) is 81.5 cm³/mol. The van der Waals surface area contributed by atoms with Crippen molar-refractivity contribution in [3.8, 4) is 0 Å². The van der Waals surface area contributed by atoms with E-state index in [0.29, 0.717) is 5.69 Å². The fourth-order valence-corrected chi connectivity index (χ4v) is 1.97. The lowest BCUT2D eigenvalue weighted by atomic mass is 9.87. The van der Waals surface area contributed by atoms with E-state index in [2.05, 4.69) is 26.1 Å². The van der Waals surface area contributed by atoms with Crippen molar-refractivity contribution in [2.24, 2.45) is 0 Å². The number of halogens is 1. The highest BCUT2D eigenvalue weighted by atomic mass is 19.1. The van der Waals surface area contributed by atoms with Crippen LogP contribution in [0.3, 0.4) is 0 Å². The Balaban J connectivity index is 2.24. The van der Waals surface area contributed by atoms with E-state index >= 15 is 0 Å². The van der Waals surface area contributed by atoms with E-state index in [1.807, 2.05) is 24.3 Å². The van der Waals surface area contributed by atoms with E-state index in [1.165, 1.54) is 17.7 Å². The van der Waals surface area contributed by atoms with Gasteiger partial charge in [-0.2, -0.15) is 0 Å². The highest BCUT2D eigenvalue weighted by Gasteiger charge is 2.13. The Morgan fingerprint density at radius 2 is 1.67 bits per heavy atom. The van der Waals surface area contributed by atoms with Gasteiger partial charge in [-0.05, 0) is 29.2 Å². The molecule has 0 saturated carbocycles. The summed E-state index contributed by atoms with van der Waals surface area (Å²) in [7, 11) is 0. The summed E-state index contributed by atoms with van der Waals surface area (Å²) in [4.78, 5) is 10.1. The summed E-state index contributed by atoms with van der Waals surface area (Å²) in [6, 6.07) is 11.1. The standard InChI is InChI=1S/C16H17FN2O2/c1-16(2,3)11-4-6-13(7-5-11)18-14-8-12(17)9-15(10-14)19(20)21/h4-10,18H,1-3H3. The fraction of sp³-hybridized carbons (Fsp3) is 0.250. The van der Waals surface area contributed by atoms with Crippen LogP contribution in [0.25, 0.3) is 0 Å². The molecule has 0 aliphatic carbocycles. The van der Waals surface area contributed by atoms with Gasteiger partial charge in [0.1, 0.15) is 5.82 Å². The minimum absolute atomic E-state index is 0.0518. The first-order chi connectivity index (χ1) is 9.75. The zero-order valence-corrected chi connectivity index (χ0v) is 12.2. The van der Waals surface area contributed by atoms with Gasteiger partial charge < -0.3 is 5.32 Å². The zero-order valence-electron chi connectivity index (χ0n) is 12.2. The molecule has 2 aromatic rings. The maximum Gasteiger partial charge on any atom is 0.274 e. The minimum atomic E-state index is -0.641. The predicted octanol–water partition coefficient (Wildman–Crippen LogP) is 4.78. The summed E-state index contributed by atoms with van der Waals surface area (Å²) >= 11 is 0. The topological polar surface area (TPSA) is 55.2 Å². The molecule has 0 saturated heterocycles. The molecule has 0 aliphatic rings. The SMILES string of the molecule is CC(C)(C)c1ccc(Nc2cc(F)cc([N+](=O)[O-])c2)cc1. The van der Waals surface area contributed by atoms with Crippen molar-refractivity contribution in [3.05, 3.63) is 64.0 Å². The summed E-state index contributed by atoms with van der Waals surface area (Å²) < 4.78 is 13.4. The van der Waals surface area contributed by atoms with Gasteiger partial charge in [0.2, 0.25) is 0 Å². The second-order valence-corrected chi connectivity index (χ2v) is 5.91. The Morgan fingerprint density at radius 1 is 1.05 bits per heavy atom. The van der Waals surface area contributed by atoms with E-state index < -0.39 is 10.7 Å². The first-order valence-corrected chi connectivity index (χ1v) is 6.58. The molecule has 0 fully saturated rings. The summed E-state index contributed by atoms with van der Waals surface area (Å²) in [6.07, 6.45) is 0. The van der Waals surface area contributed by atoms with Gasteiger partial charge >= 0.3 is 0 Å². The molecule has 2 aromatic carbocycles. The van der Waals surface area contributed by atoms with Crippen LogP contribution in [0.15, 0.2) is 42.5 Å².